The molecule has 0 spiro atoms. The van der Waals surface area contributed by atoms with E-state index in [-0.39, 0.29) is 23.5 Å². The van der Waals surface area contributed by atoms with Gasteiger partial charge < -0.3 is 20.2 Å². The maximum Gasteiger partial charge on any atom is 0.278 e. The van der Waals surface area contributed by atoms with E-state index in [0.717, 1.165) is 11.3 Å². The Balaban J connectivity index is 1.59. The molecule has 4 heterocycles. The third-order valence-corrected chi connectivity index (χ3v) is 5.89. The number of carbonyl (C=O) groups excluding carboxylic acids is 1. The van der Waals surface area contributed by atoms with E-state index in [9.17, 15) is 9.59 Å². The number of methoxy groups -OCH3 is 1. The van der Waals surface area contributed by atoms with Crippen LogP contribution in [0.2, 0.25) is 0 Å². The molecule has 1 aromatic carbocycles. The topological polar surface area (TPSA) is 116 Å². The van der Waals surface area contributed by atoms with Crippen LogP contribution in [0.15, 0.2) is 82.3 Å². The first-order valence-electron chi connectivity index (χ1n) is 11.1. The zero-order valence-electron chi connectivity index (χ0n) is 19.1. The van der Waals surface area contributed by atoms with Crippen molar-refractivity contribution in [3.05, 3.63) is 100 Å². The van der Waals surface area contributed by atoms with Crippen LogP contribution in [-0.4, -0.2) is 22.4 Å². The molecule has 0 saturated carbocycles. The smallest absolute Gasteiger partial charge is 0.278 e. The Hall–Kier alpha value is -4.66. The number of ether oxygens (including phenoxy) is 1. The molecule has 0 atom stereocenters. The molecule has 9 nitrogen and oxygen atoms in total. The maximum absolute atomic E-state index is 13.3. The van der Waals surface area contributed by atoms with E-state index in [4.69, 9.17) is 19.9 Å². The maximum atomic E-state index is 13.3. The molecule has 3 N–H and O–H groups in total. The number of carbonyl (C=O) groups is 1. The quantitative estimate of drug-likeness (QED) is 0.279. The number of nitrogen functional groups attached to an aromatic ring is 1. The molecule has 1 amide bonds. The number of aromatic nitrogens is 3. The van der Waals surface area contributed by atoms with Crippen molar-refractivity contribution in [3.8, 4) is 5.75 Å². The molecule has 0 aliphatic carbocycles. The molecule has 0 radical (unpaired) electrons. The van der Waals surface area contributed by atoms with Crippen molar-refractivity contribution in [1.82, 2.24) is 14.7 Å². The fraction of sp³-hybridized carbons (Fsp3) is 0.154. The molecule has 9 heteroatoms. The van der Waals surface area contributed by atoms with Gasteiger partial charge in [-0.3, -0.25) is 14.0 Å². The molecule has 0 unspecified atom stereocenters. The van der Waals surface area contributed by atoms with Crippen molar-refractivity contribution in [1.29, 1.82) is 0 Å². The van der Waals surface area contributed by atoms with Gasteiger partial charge in [0.15, 0.2) is 0 Å². The number of amides is 1. The van der Waals surface area contributed by atoms with E-state index in [0.29, 0.717) is 35.4 Å². The predicted octanol–water partition coefficient (Wildman–Crippen LogP) is 2.49. The Kier molecular flexibility index (Phi) is 5.88. The summed E-state index contributed by atoms with van der Waals surface area (Å²) in [5, 5.41) is 3.11. The van der Waals surface area contributed by atoms with Gasteiger partial charge in [-0.1, -0.05) is 23.2 Å². The SMILES string of the molecule is COc1ccc(CC[n+]2c(N)c(C(=O)NCc3ccco3)cc3c(=O)n4ccccc4nc32)cc1. The summed E-state index contributed by atoms with van der Waals surface area (Å²) >= 11 is 0. The first-order valence-corrected chi connectivity index (χ1v) is 11.1. The van der Waals surface area contributed by atoms with Gasteiger partial charge in [-0.25, -0.2) is 4.57 Å². The number of nitrogens with zero attached hydrogens (tertiary/aromatic N) is 3. The Bertz CT molecular complexity index is 1570. The minimum Gasteiger partial charge on any atom is -0.497 e. The van der Waals surface area contributed by atoms with E-state index in [1.54, 1.807) is 42.1 Å². The molecule has 176 valence electrons. The first kappa shape index (κ1) is 22.1. The van der Waals surface area contributed by atoms with Crippen LogP contribution >= 0.6 is 0 Å². The highest BCUT2D eigenvalue weighted by atomic mass is 16.5. The van der Waals surface area contributed by atoms with Crippen LogP contribution in [0, 0.1) is 0 Å². The normalized spacial score (nSPS) is 11.1. The fourth-order valence-electron chi connectivity index (χ4n) is 4.02. The predicted molar refractivity (Wildman–Crippen MR) is 130 cm³/mol. The second kappa shape index (κ2) is 9.30. The van der Waals surface area contributed by atoms with Crippen LogP contribution in [0.25, 0.3) is 16.7 Å². The second-order valence-corrected chi connectivity index (χ2v) is 8.04. The number of nitrogens with two attached hydrogens (primary N) is 1. The molecule has 0 bridgehead atoms. The van der Waals surface area contributed by atoms with Crippen molar-refractivity contribution in [2.75, 3.05) is 12.8 Å². The second-order valence-electron chi connectivity index (χ2n) is 8.04. The largest absolute Gasteiger partial charge is 0.497 e. The van der Waals surface area contributed by atoms with Crippen LogP contribution in [0.5, 0.6) is 5.75 Å². The standard InChI is InChI=1S/C26H23N5O4/c1-34-18-9-7-17(8-10-18)11-13-31-23(27)20(25(32)28-16-19-5-4-14-35-19)15-21-24(31)29-22-6-2-3-12-30(22)26(21)33/h2-10,12,14-15,27H,11,13,16H2,1H3,(H,28,32)/p+1. The van der Waals surface area contributed by atoms with Gasteiger partial charge in [0.2, 0.25) is 11.5 Å². The van der Waals surface area contributed by atoms with E-state index < -0.39 is 5.91 Å². The summed E-state index contributed by atoms with van der Waals surface area (Å²) in [4.78, 5) is 31.1. The third-order valence-electron chi connectivity index (χ3n) is 5.89. The highest BCUT2D eigenvalue weighted by Gasteiger charge is 2.24. The van der Waals surface area contributed by atoms with Crippen molar-refractivity contribution in [2.45, 2.75) is 19.5 Å². The lowest BCUT2D eigenvalue weighted by atomic mass is 10.1. The Morgan fingerprint density at radius 3 is 2.74 bits per heavy atom. The number of nitrogens with one attached hydrogen (secondary N) is 1. The number of pyridine rings is 2. The van der Waals surface area contributed by atoms with Gasteiger partial charge in [-0.2, -0.15) is 0 Å². The number of fused-ring (bicyclic) bond motifs is 2. The Labute approximate surface area is 200 Å². The van der Waals surface area contributed by atoms with Crippen LogP contribution < -0.4 is 25.9 Å². The Morgan fingerprint density at radius 2 is 2.00 bits per heavy atom. The summed E-state index contributed by atoms with van der Waals surface area (Å²) in [6.07, 6.45) is 3.80. The van der Waals surface area contributed by atoms with Gasteiger partial charge in [0, 0.05) is 12.6 Å². The summed E-state index contributed by atoms with van der Waals surface area (Å²) < 4.78 is 13.7. The fourth-order valence-corrected chi connectivity index (χ4v) is 4.02. The van der Waals surface area contributed by atoms with E-state index >= 15 is 0 Å². The van der Waals surface area contributed by atoms with Gasteiger partial charge in [0.25, 0.3) is 17.1 Å². The van der Waals surface area contributed by atoms with E-state index in [1.165, 1.54) is 16.7 Å². The van der Waals surface area contributed by atoms with Crippen molar-refractivity contribution >= 4 is 28.4 Å². The molecular weight excluding hydrogens is 446 g/mol. The molecule has 0 fully saturated rings. The number of anilines is 1. The van der Waals surface area contributed by atoms with Gasteiger partial charge in [-0.05, 0) is 48.0 Å². The van der Waals surface area contributed by atoms with Crippen LogP contribution in [-0.2, 0) is 19.5 Å². The minimum atomic E-state index is -0.406. The van der Waals surface area contributed by atoms with Crippen molar-refractivity contribution in [2.24, 2.45) is 0 Å². The zero-order chi connectivity index (χ0) is 24.4. The van der Waals surface area contributed by atoms with Crippen LogP contribution in [0.3, 0.4) is 0 Å². The molecule has 0 saturated heterocycles. The number of benzene rings is 1. The average molecular weight is 471 g/mol. The van der Waals surface area contributed by atoms with E-state index in [2.05, 4.69) is 5.32 Å². The number of rotatable bonds is 7. The molecule has 4 aromatic heterocycles. The lowest BCUT2D eigenvalue weighted by Gasteiger charge is -2.12. The summed E-state index contributed by atoms with van der Waals surface area (Å²) in [6.45, 7) is 0.619. The average Bonchev–Trinajstić information content (AvgIpc) is 3.41. The molecule has 35 heavy (non-hydrogen) atoms. The summed E-state index contributed by atoms with van der Waals surface area (Å²) in [7, 11) is 1.62. The molecule has 0 aliphatic heterocycles. The van der Waals surface area contributed by atoms with Gasteiger partial charge in [0.1, 0.15) is 22.5 Å². The Morgan fingerprint density at radius 1 is 1.17 bits per heavy atom. The minimum absolute atomic E-state index is 0.199. The summed E-state index contributed by atoms with van der Waals surface area (Å²) in [5.41, 5.74) is 8.42. The molecule has 0 aliphatic rings. The van der Waals surface area contributed by atoms with Gasteiger partial charge in [0.05, 0.1) is 26.5 Å². The number of aryl methyl sites for hydroxylation is 2. The molecule has 5 rings (SSSR count). The van der Waals surface area contributed by atoms with Gasteiger partial charge in [-0.15, -0.1) is 0 Å². The lowest BCUT2D eigenvalue weighted by Crippen LogP contribution is -2.43. The van der Waals surface area contributed by atoms with Crippen LogP contribution in [0.4, 0.5) is 5.82 Å². The van der Waals surface area contributed by atoms with E-state index in [1.807, 2.05) is 30.3 Å². The number of hydrogen-bond acceptors (Lipinski definition) is 6. The summed E-state index contributed by atoms with van der Waals surface area (Å²) in [6, 6.07) is 18.1. The first-order chi connectivity index (χ1) is 17.0. The molecule has 5 aromatic rings. The number of hydrogen-bond donors (Lipinski definition) is 2. The van der Waals surface area contributed by atoms with Gasteiger partial charge >= 0.3 is 0 Å². The third kappa shape index (κ3) is 4.31. The number of furan rings is 1. The molecular formula is C26H24N5O4+. The highest BCUT2D eigenvalue weighted by molar-refractivity contribution is 6.00. The van der Waals surface area contributed by atoms with Crippen molar-refractivity contribution < 1.29 is 18.5 Å². The zero-order valence-corrected chi connectivity index (χ0v) is 19.1. The summed E-state index contributed by atoms with van der Waals surface area (Å²) in [5.74, 6) is 1.20. The van der Waals surface area contributed by atoms with Crippen LogP contribution in [0.1, 0.15) is 21.7 Å². The highest BCUT2D eigenvalue weighted by Crippen LogP contribution is 2.16. The lowest BCUT2D eigenvalue weighted by molar-refractivity contribution is -0.658. The monoisotopic (exact) mass is 470 g/mol. The van der Waals surface area contributed by atoms with Crippen molar-refractivity contribution in [3.63, 3.8) is 0 Å².